The average molecular weight is 463 g/mol. The molecular weight excluding hydrogens is 440 g/mol. The molecule has 3 aromatic rings. The van der Waals surface area contributed by atoms with Crippen molar-refractivity contribution in [1.29, 1.82) is 0 Å². The molecule has 3 amide bonds. The molecule has 6 nitrogen and oxygen atoms in total. The van der Waals surface area contributed by atoms with Crippen LogP contribution in [0.15, 0.2) is 60.7 Å². The Kier molecular flexibility index (Phi) is 6.20. The lowest BCUT2D eigenvalue weighted by Crippen LogP contribution is -2.31. The van der Waals surface area contributed by atoms with Crippen LogP contribution in [0.1, 0.15) is 42.2 Å². The van der Waals surface area contributed by atoms with Crippen molar-refractivity contribution in [2.24, 2.45) is 0 Å². The van der Waals surface area contributed by atoms with Gasteiger partial charge in [-0.15, -0.1) is 0 Å². The first-order chi connectivity index (χ1) is 15.8. The highest BCUT2D eigenvalue weighted by atomic mass is 35.5. The monoisotopic (exact) mass is 462 g/mol. The molecule has 0 spiro atoms. The van der Waals surface area contributed by atoms with Gasteiger partial charge in [-0.25, -0.2) is 4.90 Å². The number of carbonyl (C=O) groups is 3. The molecule has 0 saturated carbocycles. The summed E-state index contributed by atoms with van der Waals surface area (Å²) in [6, 6.07) is 17.2. The number of fused-ring (bicyclic) bond motifs is 1. The maximum absolute atomic E-state index is 13.1. The second kappa shape index (κ2) is 9.08. The van der Waals surface area contributed by atoms with Gasteiger partial charge in [0.1, 0.15) is 12.4 Å². The molecule has 0 fully saturated rings. The van der Waals surface area contributed by atoms with E-state index in [4.69, 9.17) is 16.3 Å². The Balaban J connectivity index is 1.48. The molecule has 0 N–H and O–H groups in total. The van der Waals surface area contributed by atoms with Crippen LogP contribution < -0.4 is 9.64 Å². The SMILES string of the molecule is Cc1ccc(C)c(N2C(=O)c3ccc(C(=O)N(C)CCOc4ccc(Cl)cc4)cc3C2=O)c1. The van der Waals surface area contributed by atoms with Crippen molar-refractivity contribution in [1.82, 2.24) is 4.90 Å². The number of benzene rings is 3. The quantitative estimate of drug-likeness (QED) is 0.488. The number of halogens is 1. The minimum Gasteiger partial charge on any atom is -0.492 e. The maximum Gasteiger partial charge on any atom is 0.266 e. The van der Waals surface area contributed by atoms with Gasteiger partial charge in [-0.2, -0.15) is 0 Å². The Hall–Kier alpha value is -3.64. The number of rotatable bonds is 6. The van der Waals surface area contributed by atoms with Crippen LogP contribution in [0.2, 0.25) is 5.02 Å². The zero-order valence-electron chi connectivity index (χ0n) is 18.6. The molecule has 7 heteroatoms. The lowest BCUT2D eigenvalue weighted by molar-refractivity contribution is 0.0773. The molecule has 0 aliphatic carbocycles. The number of carbonyl (C=O) groups excluding carboxylic acids is 3. The second-order valence-electron chi connectivity index (χ2n) is 8.03. The summed E-state index contributed by atoms with van der Waals surface area (Å²) in [6.07, 6.45) is 0. The lowest BCUT2D eigenvalue weighted by atomic mass is 10.0. The summed E-state index contributed by atoms with van der Waals surface area (Å²) in [4.78, 5) is 41.7. The van der Waals surface area contributed by atoms with Crippen molar-refractivity contribution in [3.63, 3.8) is 0 Å². The number of anilines is 1. The predicted molar refractivity (Wildman–Crippen MR) is 127 cm³/mol. The first-order valence-electron chi connectivity index (χ1n) is 10.5. The van der Waals surface area contributed by atoms with Gasteiger partial charge in [0.05, 0.1) is 23.4 Å². The van der Waals surface area contributed by atoms with Gasteiger partial charge in [-0.1, -0.05) is 23.7 Å². The van der Waals surface area contributed by atoms with Gasteiger partial charge in [0.25, 0.3) is 17.7 Å². The number of aryl methyl sites for hydroxylation is 2. The number of hydrogen-bond acceptors (Lipinski definition) is 4. The summed E-state index contributed by atoms with van der Waals surface area (Å²) >= 11 is 5.87. The largest absolute Gasteiger partial charge is 0.492 e. The third-order valence-electron chi connectivity index (χ3n) is 5.59. The zero-order valence-corrected chi connectivity index (χ0v) is 19.3. The summed E-state index contributed by atoms with van der Waals surface area (Å²) in [6.45, 7) is 4.41. The molecule has 4 rings (SSSR count). The smallest absolute Gasteiger partial charge is 0.266 e. The number of likely N-dealkylation sites (N-methyl/N-ethyl adjacent to an activating group) is 1. The molecule has 1 heterocycles. The molecule has 0 unspecified atom stereocenters. The number of ether oxygens (including phenoxy) is 1. The fraction of sp³-hybridized carbons (Fsp3) is 0.192. The average Bonchev–Trinajstić information content (AvgIpc) is 3.05. The number of hydrogen-bond donors (Lipinski definition) is 0. The van der Waals surface area contributed by atoms with E-state index in [0.717, 1.165) is 11.1 Å². The van der Waals surface area contributed by atoms with Crippen LogP contribution in [0.4, 0.5) is 5.69 Å². The van der Waals surface area contributed by atoms with Crippen molar-refractivity contribution >= 4 is 35.0 Å². The van der Waals surface area contributed by atoms with E-state index in [1.54, 1.807) is 43.4 Å². The van der Waals surface area contributed by atoms with Crippen LogP contribution in [0.3, 0.4) is 0 Å². The molecule has 3 aromatic carbocycles. The molecule has 0 atom stereocenters. The number of nitrogens with zero attached hydrogens (tertiary/aromatic N) is 2. The van der Waals surface area contributed by atoms with Crippen molar-refractivity contribution in [2.45, 2.75) is 13.8 Å². The van der Waals surface area contributed by atoms with Crippen LogP contribution >= 0.6 is 11.6 Å². The predicted octanol–water partition coefficient (Wildman–Crippen LogP) is 4.91. The van der Waals surface area contributed by atoms with E-state index in [2.05, 4.69) is 0 Å². The highest BCUT2D eigenvalue weighted by Crippen LogP contribution is 2.32. The summed E-state index contributed by atoms with van der Waals surface area (Å²) in [7, 11) is 1.66. The van der Waals surface area contributed by atoms with Gasteiger partial charge in [0.2, 0.25) is 0 Å². The molecule has 1 aliphatic rings. The lowest BCUT2D eigenvalue weighted by Gasteiger charge is -2.18. The molecular formula is C26H23ClN2O4. The molecule has 0 bridgehead atoms. The number of imide groups is 1. The van der Waals surface area contributed by atoms with Gasteiger partial charge in [0.15, 0.2) is 0 Å². The third kappa shape index (κ3) is 4.47. The fourth-order valence-electron chi connectivity index (χ4n) is 3.71. The minimum absolute atomic E-state index is 0.234. The van der Waals surface area contributed by atoms with E-state index < -0.39 is 5.91 Å². The normalized spacial score (nSPS) is 12.7. The Labute approximate surface area is 197 Å². The topological polar surface area (TPSA) is 66.9 Å². The van der Waals surface area contributed by atoms with Crippen LogP contribution in [0, 0.1) is 13.8 Å². The van der Waals surface area contributed by atoms with E-state index in [-0.39, 0.29) is 17.4 Å². The van der Waals surface area contributed by atoms with Crippen LogP contribution in [0.25, 0.3) is 0 Å². The van der Waals surface area contributed by atoms with Crippen LogP contribution in [-0.4, -0.2) is 42.8 Å². The first-order valence-corrected chi connectivity index (χ1v) is 10.9. The Morgan fingerprint density at radius 2 is 1.64 bits per heavy atom. The minimum atomic E-state index is -0.424. The van der Waals surface area contributed by atoms with Gasteiger partial charge in [-0.3, -0.25) is 14.4 Å². The van der Waals surface area contributed by atoms with E-state index in [1.165, 1.54) is 15.9 Å². The fourth-order valence-corrected chi connectivity index (χ4v) is 3.83. The molecule has 168 valence electrons. The van der Waals surface area contributed by atoms with E-state index >= 15 is 0 Å². The van der Waals surface area contributed by atoms with E-state index in [0.29, 0.717) is 40.7 Å². The highest BCUT2D eigenvalue weighted by Gasteiger charge is 2.38. The molecule has 0 aromatic heterocycles. The van der Waals surface area contributed by atoms with Crippen molar-refractivity contribution in [2.75, 3.05) is 25.1 Å². The van der Waals surface area contributed by atoms with Crippen molar-refractivity contribution < 1.29 is 19.1 Å². The molecule has 33 heavy (non-hydrogen) atoms. The summed E-state index contributed by atoms with van der Waals surface area (Å²) < 4.78 is 5.65. The second-order valence-corrected chi connectivity index (χ2v) is 8.46. The van der Waals surface area contributed by atoms with Crippen molar-refractivity contribution in [3.05, 3.63) is 93.5 Å². The van der Waals surface area contributed by atoms with Gasteiger partial charge in [0, 0.05) is 17.6 Å². The number of amides is 3. The standard InChI is InChI=1S/C26H23ClN2O4/c1-16-4-5-17(2)23(14-16)29-25(31)21-11-6-18(15-22(21)26(29)32)24(30)28(3)12-13-33-20-9-7-19(27)8-10-20/h4-11,14-15H,12-13H2,1-3H3. The maximum atomic E-state index is 13.1. The van der Waals surface area contributed by atoms with Gasteiger partial charge >= 0.3 is 0 Å². The summed E-state index contributed by atoms with van der Waals surface area (Å²) in [5, 5.41) is 0.621. The Bertz CT molecular complexity index is 1250. The van der Waals surface area contributed by atoms with Crippen LogP contribution in [0.5, 0.6) is 5.75 Å². The van der Waals surface area contributed by atoms with Crippen molar-refractivity contribution in [3.8, 4) is 5.75 Å². The van der Waals surface area contributed by atoms with E-state index in [1.807, 2.05) is 32.0 Å². The zero-order chi connectivity index (χ0) is 23.7. The summed E-state index contributed by atoms with van der Waals surface area (Å²) in [5.74, 6) is -0.407. The Morgan fingerprint density at radius 1 is 0.939 bits per heavy atom. The van der Waals surface area contributed by atoms with Gasteiger partial charge < -0.3 is 9.64 Å². The summed E-state index contributed by atoms with van der Waals surface area (Å²) in [5.41, 5.74) is 3.21. The highest BCUT2D eigenvalue weighted by molar-refractivity contribution is 6.35. The molecule has 1 aliphatic heterocycles. The first kappa shape index (κ1) is 22.6. The Morgan fingerprint density at radius 3 is 2.36 bits per heavy atom. The van der Waals surface area contributed by atoms with Crippen LogP contribution in [-0.2, 0) is 0 Å². The molecule has 0 radical (unpaired) electrons. The third-order valence-corrected chi connectivity index (χ3v) is 5.85. The molecule has 0 saturated heterocycles. The van der Waals surface area contributed by atoms with Gasteiger partial charge in [-0.05, 0) is 73.5 Å². The van der Waals surface area contributed by atoms with E-state index in [9.17, 15) is 14.4 Å².